The molecule has 0 heterocycles. The lowest BCUT2D eigenvalue weighted by Gasteiger charge is -2.14. The van der Waals surface area contributed by atoms with Gasteiger partial charge >= 0.3 is 0 Å². The maximum absolute atomic E-state index is 5.98. The van der Waals surface area contributed by atoms with Crippen molar-refractivity contribution in [2.24, 2.45) is 0 Å². The molecule has 1 rings (SSSR count). The zero-order valence-corrected chi connectivity index (χ0v) is 19.8. The standard InChI is InChI=1S/C22H34O2Si2/c1-9-13-23-21-17-20(12-16-26(6,7)8)22(24-14-10-2)18-19(21)11-15-25(3,4)5/h17-18H,9-10,13-14H2,1-8H3. The number of hydrogen-bond donors (Lipinski definition) is 0. The van der Waals surface area contributed by atoms with Crippen LogP contribution in [0.5, 0.6) is 11.5 Å². The first kappa shape index (κ1) is 22.4. The molecule has 0 spiro atoms. The molecule has 2 nitrogen and oxygen atoms in total. The highest BCUT2D eigenvalue weighted by molar-refractivity contribution is 6.84. The van der Waals surface area contributed by atoms with Crippen LogP contribution in [0.4, 0.5) is 0 Å². The first-order valence-electron chi connectivity index (χ1n) is 9.55. The van der Waals surface area contributed by atoms with Gasteiger partial charge in [0.25, 0.3) is 0 Å². The van der Waals surface area contributed by atoms with Crippen molar-refractivity contribution >= 4 is 16.1 Å². The maximum Gasteiger partial charge on any atom is 0.136 e. The number of hydrogen-bond acceptors (Lipinski definition) is 2. The van der Waals surface area contributed by atoms with E-state index in [9.17, 15) is 0 Å². The monoisotopic (exact) mass is 386 g/mol. The molecule has 0 bridgehead atoms. The molecule has 0 aliphatic heterocycles. The van der Waals surface area contributed by atoms with Gasteiger partial charge in [0.15, 0.2) is 0 Å². The summed E-state index contributed by atoms with van der Waals surface area (Å²) in [6.07, 6.45) is 1.93. The second-order valence-corrected chi connectivity index (χ2v) is 18.0. The molecule has 0 aliphatic rings. The van der Waals surface area contributed by atoms with E-state index in [1.807, 2.05) is 12.1 Å². The molecule has 0 N–H and O–H groups in total. The normalized spacial score (nSPS) is 11.1. The van der Waals surface area contributed by atoms with E-state index in [1.54, 1.807) is 0 Å². The molecular formula is C22H34O2Si2. The van der Waals surface area contributed by atoms with Gasteiger partial charge in [-0.3, -0.25) is 0 Å². The van der Waals surface area contributed by atoms with Crippen LogP contribution in [0.15, 0.2) is 12.1 Å². The molecule has 0 aliphatic carbocycles. The minimum Gasteiger partial charge on any atom is -0.492 e. The highest BCUT2D eigenvalue weighted by Gasteiger charge is 2.13. The van der Waals surface area contributed by atoms with E-state index in [0.29, 0.717) is 13.2 Å². The fourth-order valence-corrected chi connectivity index (χ4v) is 2.95. The molecule has 4 heteroatoms. The minimum absolute atomic E-state index is 0.678. The number of ether oxygens (including phenoxy) is 2. The van der Waals surface area contributed by atoms with E-state index in [0.717, 1.165) is 35.5 Å². The smallest absolute Gasteiger partial charge is 0.136 e. The molecular weight excluding hydrogens is 352 g/mol. The Bertz CT molecular complexity index is 653. The molecule has 1 aromatic rings. The number of rotatable bonds is 6. The van der Waals surface area contributed by atoms with E-state index >= 15 is 0 Å². The van der Waals surface area contributed by atoms with Crippen molar-refractivity contribution in [2.75, 3.05) is 13.2 Å². The Morgan fingerprint density at radius 1 is 0.692 bits per heavy atom. The summed E-state index contributed by atoms with van der Waals surface area (Å²) in [4.78, 5) is 0. The Kier molecular flexibility index (Phi) is 8.54. The Labute approximate surface area is 162 Å². The quantitative estimate of drug-likeness (QED) is 0.460. The van der Waals surface area contributed by atoms with Crippen LogP contribution in [-0.2, 0) is 0 Å². The third-order valence-corrected chi connectivity index (χ3v) is 4.90. The Morgan fingerprint density at radius 3 is 1.31 bits per heavy atom. The minimum atomic E-state index is -1.47. The molecule has 0 aromatic heterocycles. The van der Waals surface area contributed by atoms with Gasteiger partial charge in [0, 0.05) is 12.1 Å². The van der Waals surface area contributed by atoms with Crippen LogP contribution in [0.3, 0.4) is 0 Å². The van der Waals surface area contributed by atoms with Crippen molar-refractivity contribution in [2.45, 2.75) is 66.0 Å². The van der Waals surface area contributed by atoms with Crippen LogP contribution >= 0.6 is 0 Å². The molecule has 0 saturated carbocycles. The summed E-state index contributed by atoms with van der Waals surface area (Å²) in [5.74, 6) is 8.33. The zero-order valence-electron chi connectivity index (χ0n) is 17.8. The summed E-state index contributed by atoms with van der Waals surface area (Å²) < 4.78 is 12.0. The first-order valence-corrected chi connectivity index (χ1v) is 16.6. The lowest BCUT2D eigenvalue weighted by molar-refractivity contribution is 0.307. The van der Waals surface area contributed by atoms with Gasteiger partial charge in [-0.05, 0) is 12.8 Å². The van der Waals surface area contributed by atoms with Crippen LogP contribution in [0.1, 0.15) is 37.8 Å². The predicted octanol–water partition coefficient (Wildman–Crippen LogP) is 5.72. The third-order valence-electron chi connectivity index (χ3n) is 3.15. The van der Waals surface area contributed by atoms with Crippen molar-refractivity contribution < 1.29 is 9.47 Å². The highest BCUT2D eigenvalue weighted by atomic mass is 28.3. The largest absolute Gasteiger partial charge is 0.492 e. The fraction of sp³-hybridized carbons (Fsp3) is 0.545. The predicted molar refractivity (Wildman–Crippen MR) is 118 cm³/mol. The van der Waals surface area contributed by atoms with E-state index < -0.39 is 16.1 Å². The van der Waals surface area contributed by atoms with Gasteiger partial charge in [0.1, 0.15) is 27.6 Å². The average Bonchev–Trinajstić information content (AvgIpc) is 2.53. The molecule has 0 radical (unpaired) electrons. The maximum atomic E-state index is 5.98. The van der Waals surface area contributed by atoms with E-state index in [2.05, 4.69) is 76.1 Å². The molecule has 1 aromatic carbocycles. The first-order chi connectivity index (χ1) is 12.1. The lowest BCUT2D eigenvalue weighted by atomic mass is 10.1. The molecule has 0 fully saturated rings. The highest BCUT2D eigenvalue weighted by Crippen LogP contribution is 2.29. The summed E-state index contributed by atoms with van der Waals surface area (Å²) in [6.45, 7) is 19.0. The fourth-order valence-electron chi connectivity index (χ4n) is 1.93. The van der Waals surface area contributed by atoms with Crippen LogP contribution in [0.25, 0.3) is 0 Å². The summed E-state index contributed by atoms with van der Waals surface area (Å²) in [7, 11) is -2.94. The van der Waals surface area contributed by atoms with Crippen molar-refractivity contribution in [1.29, 1.82) is 0 Å². The van der Waals surface area contributed by atoms with E-state index in [-0.39, 0.29) is 0 Å². The van der Waals surface area contributed by atoms with Crippen molar-refractivity contribution in [3.63, 3.8) is 0 Å². The van der Waals surface area contributed by atoms with Crippen LogP contribution < -0.4 is 9.47 Å². The summed E-state index contributed by atoms with van der Waals surface area (Å²) >= 11 is 0. The average molecular weight is 387 g/mol. The Balaban J connectivity index is 3.47. The summed E-state index contributed by atoms with van der Waals surface area (Å²) in [5.41, 5.74) is 8.69. The molecule has 26 heavy (non-hydrogen) atoms. The van der Waals surface area contributed by atoms with Gasteiger partial charge in [0.2, 0.25) is 0 Å². The third kappa shape index (κ3) is 8.65. The topological polar surface area (TPSA) is 18.5 Å². The van der Waals surface area contributed by atoms with Crippen molar-refractivity contribution in [1.82, 2.24) is 0 Å². The molecule has 0 amide bonds. The van der Waals surface area contributed by atoms with Gasteiger partial charge < -0.3 is 9.47 Å². The van der Waals surface area contributed by atoms with Gasteiger partial charge in [-0.2, -0.15) is 0 Å². The van der Waals surface area contributed by atoms with E-state index in [1.165, 1.54) is 0 Å². The second kappa shape index (κ2) is 9.90. The van der Waals surface area contributed by atoms with Gasteiger partial charge in [-0.15, -0.1) is 11.1 Å². The van der Waals surface area contributed by atoms with Crippen molar-refractivity contribution in [3.05, 3.63) is 23.3 Å². The molecule has 0 unspecified atom stereocenters. The molecule has 142 valence electrons. The van der Waals surface area contributed by atoms with Crippen LogP contribution in [0, 0.1) is 22.9 Å². The lowest BCUT2D eigenvalue weighted by Crippen LogP contribution is -2.16. The van der Waals surface area contributed by atoms with E-state index in [4.69, 9.17) is 9.47 Å². The van der Waals surface area contributed by atoms with Gasteiger partial charge in [0.05, 0.1) is 24.3 Å². The number of benzene rings is 1. The Morgan fingerprint density at radius 2 is 1.04 bits per heavy atom. The van der Waals surface area contributed by atoms with Crippen molar-refractivity contribution in [3.8, 4) is 34.4 Å². The SMILES string of the molecule is CCCOc1cc(C#C[Si](C)(C)C)c(OCCC)cc1C#C[Si](C)(C)C. The summed E-state index contributed by atoms with van der Waals surface area (Å²) in [5, 5.41) is 0. The van der Waals surface area contributed by atoms with Gasteiger partial charge in [-0.1, -0.05) is 65.0 Å². The second-order valence-electron chi connectivity index (χ2n) is 8.54. The molecule has 0 atom stereocenters. The summed E-state index contributed by atoms with van der Waals surface area (Å²) in [6, 6.07) is 4.03. The van der Waals surface area contributed by atoms with Crippen LogP contribution in [-0.4, -0.2) is 29.4 Å². The van der Waals surface area contributed by atoms with Crippen LogP contribution in [0.2, 0.25) is 39.3 Å². The zero-order chi connectivity index (χ0) is 19.8. The Hall–Kier alpha value is -1.63. The van der Waals surface area contributed by atoms with Gasteiger partial charge in [-0.25, -0.2) is 0 Å². The molecule has 0 saturated heterocycles.